The minimum atomic E-state index is 0.0997. The van der Waals surface area contributed by atoms with Gasteiger partial charge in [0, 0.05) is 12.2 Å². The van der Waals surface area contributed by atoms with E-state index in [0.717, 1.165) is 30.2 Å². The molecule has 1 aliphatic rings. The largest absolute Gasteiger partial charge is 0.378 e. The highest BCUT2D eigenvalue weighted by atomic mass is 16.5. The molecule has 4 rings (SSSR count). The third-order valence-corrected chi connectivity index (χ3v) is 4.92. The molecule has 7 heteroatoms. The van der Waals surface area contributed by atoms with E-state index in [1.165, 1.54) is 11.1 Å². The summed E-state index contributed by atoms with van der Waals surface area (Å²) in [6, 6.07) is 8.64. The molecule has 1 fully saturated rings. The van der Waals surface area contributed by atoms with Gasteiger partial charge in [-0.05, 0) is 26.5 Å². The van der Waals surface area contributed by atoms with Gasteiger partial charge in [0.05, 0.1) is 37.6 Å². The summed E-state index contributed by atoms with van der Waals surface area (Å²) >= 11 is 0. The maximum absolute atomic E-state index is 5.71. The van der Waals surface area contributed by atoms with Gasteiger partial charge in [0.25, 0.3) is 0 Å². The minimum Gasteiger partial charge on any atom is -0.378 e. The van der Waals surface area contributed by atoms with Crippen molar-refractivity contribution in [2.24, 2.45) is 0 Å². The fraction of sp³-hybridized carbons (Fsp3) is 0.421. The summed E-state index contributed by atoms with van der Waals surface area (Å²) in [6.07, 6.45) is 1.78. The van der Waals surface area contributed by atoms with Crippen LogP contribution in [0.25, 0.3) is 11.4 Å². The normalized spacial score (nSPS) is 18.3. The van der Waals surface area contributed by atoms with Crippen LogP contribution in [0, 0.1) is 13.8 Å². The lowest BCUT2D eigenvalue weighted by Crippen LogP contribution is -2.38. The molecule has 3 heterocycles. The quantitative estimate of drug-likeness (QED) is 0.780. The number of H-pyrrole nitrogens is 1. The SMILES string of the molecule is Cc1ccc(Cn2nc(-c3cn[nH]c3C)nc2[C@H]2COCCN2C)cc1. The zero-order chi connectivity index (χ0) is 18.1. The second kappa shape index (κ2) is 7.01. The maximum Gasteiger partial charge on any atom is 0.184 e. The number of aryl methyl sites for hydroxylation is 2. The standard InChI is InChI=1S/C19H24N6O/c1-13-4-6-15(7-5-13)11-25-19(17-12-26-9-8-24(17)3)21-18(23-25)16-10-20-22-14(16)2/h4-7,10,17H,8-9,11-12H2,1-3H3,(H,20,22)/t17-/m1/s1. The number of hydrogen-bond acceptors (Lipinski definition) is 5. The van der Waals surface area contributed by atoms with Crippen LogP contribution in [0.5, 0.6) is 0 Å². The van der Waals surface area contributed by atoms with Gasteiger partial charge in [0.15, 0.2) is 5.82 Å². The molecular formula is C19H24N6O. The van der Waals surface area contributed by atoms with Crippen molar-refractivity contribution in [3.8, 4) is 11.4 Å². The van der Waals surface area contributed by atoms with E-state index in [9.17, 15) is 0 Å². The van der Waals surface area contributed by atoms with Crippen LogP contribution in [-0.4, -0.2) is 56.7 Å². The zero-order valence-electron chi connectivity index (χ0n) is 15.4. The third kappa shape index (κ3) is 3.27. The number of likely N-dealkylation sites (N-methyl/N-ethyl adjacent to an activating group) is 1. The van der Waals surface area contributed by atoms with Gasteiger partial charge in [-0.2, -0.15) is 10.2 Å². The van der Waals surface area contributed by atoms with Gasteiger partial charge >= 0.3 is 0 Å². The van der Waals surface area contributed by atoms with Gasteiger partial charge in [-0.15, -0.1) is 0 Å². The van der Waals surface area contributed by atoms with Crippen molar-refractivity contribution in [1.29, 1.82) is 0 Å². The predicted molar refractivity (Wildman–Crippen MR) is 98.8 cm³/mol. The van der Waals surface area contributed by atoms with Crippen LogP contribution in [-0.2, 0) is 11.3 Å². The molecule has 2 aromatic heterocycles. The summed E-state index contributed by atoms with van der Waals surface area (Å²) in [5.41, 5.74) is 4.37. The highest BCUT2D eigenvalue weighted by Gasteiger charge is 2.28. The van der Waals surface area contributed by atoms with Crippen molar-refractivity contribution < 1.29 is 4.74 Å². The molecule has 0 saturated carbocycles. The van der Waals surface area contributed by atoms with Crippen LogP contribution in [0.1, 0.15) is 28.7 Å². The van der Waals surface area contributed by atoms with E-state index in [1.807, 2.05) is 11.6 Å². The molecule has 0 radical (unpaired) electrons. The molecule has 0 amide bonds. The zero-order valence-corrected chi connectivity index (χ0v) is 15.4. The Labute approximate surface area is 153 Å². The molecule has 0 aliphatic carbocycles. The first kappa shape index (κ1) is 16.9. The summed E-state index contributed by atoms with van der Waals surface area (Å²) < 4.78 is 7.71. The fourth-order valence-electron chi connectivity index (χ4n) is 3.23. The van der Waals surface area contributed by atoms with Crippen molar-refractivity contribution in [3.05, 3.63) is 53.1 Å². The van der Waals surface area contributed by atoms with E-state index < -0.39 is 0 Å². The van der Waals surface area contributed by atoms with Gasteiger partial charge < -0.3 is 4.74 Å². The van der Waals surface area contributed by atoms with Crippen LogP contribution >= 0.6 is 0 Å². The number of ether oxygens (including phenoxy) is 1. The van der Waals surface area contributed by atoms with E-state index >= 15 is 0 Å². The van der Waals surface area contributed by atoms with Gasteiger partial charge in [-0.25, -0.2) is 9.67 Å². The number of hydrogen-bond donors (Lipinski definition) is 1. The number of benzene rings is 1. The third-order valence-electron chi connectivity index (χ3n) is 4.92. The molecular weight excluding hydrogens is 328 g/mol. The number of morpholine rings is 1. The molecule has 1 N–H and O–H groups in total. The lowest BCUT2D eigenvalue weighted by Gasteiger charge is -2.31. The Morgan fingerprint density at radius 3 is 2.73 bits per heavy atom. The number of nitrogens with one attached hydrogen (secondary N) is 1. The number of nitrogens with zero attached hydrogens (tertiary/aromatic N) is 5. The van der Waals surface area contributed by atoms with Crippen molar-refractivity contribution >= 4 is 0 Å². The number of rotatable bonds is 4. The minimum absolute atomic E-state index is 0.0997. The van der Waals surface area contributed by atoms with Gasteiger partial charge in [0.2, 0.25) is 0 Å². The molecule has 1 aliphatic heterocycles. The van der Waals surface area contributed by atoms with Gasteiger partial charge in [-0.3, -0.25) is 10.00 Å². The Hall–Kier alpha value is -2.51. The fourth-order valence-corrected chi connectivity index (χ4v) is 3.23. The van der Waals surface area contributed by atoms with Crippen molar-refractivity contribution in [2.75, 3.05) is 26.8 Å². The molecule has 26 heavy (non-hydrogen) atoms. The summed E-state index contributed by atoms with van der Waals surface area (Å²) in [6.45, 7) is 7.04. The van der Waals surface area contributed by atoms with Crippen LogP contribution < -0.4 is 0 Å². The first-order chi connectivity index (χ1) is 12.6. The molecule has 1 aromatic carbocycles. The molecule has 3 aromatic rings. The van der Waals surface area contributed by atoms with E-state index in [4.69, 9.17) is 14.8 Å². The highest BCUT2D eigenvalue weighted by Crippen LogP contribution is 2.26. The molecule has 7 nitrogen and oxygen atoms in total. The van der Waals surface area contributed by atoms with E-state index in [-0.39, 0.29) is 6.04 Å². The van der Waals surface area contributed by atoms with E-state index in [0.29, 0.717) is 19.0 Å². The summed E-state index contributed by atoms with van der Waals surface area (Å²) in [4.78, 5) is 7.15. The summed E-state index contributed by atoms with van der Waals surface area (Å²) in [5.74, 6) is 1.64. The molecule has 0 spiro atoms. The lowest BCUT2D eigenvalue weighted by atomic mass is 10.1. The average Bonchev–Trinajstić information content (AvgIpc) is 3.23. The van der Waals surface area contributed by atoms with Crippen LogP contribution in [0.15, 0.2) is 30.5 Å². The predicted octanol–water partition coefficient (Wildman–Crippen LogP) is 2.34. The summed E-state index contributed by atoms with van der Waals surface area (Å²) in [7, 11) is 2.11. The van der Waals surface area contributed by atoms with Crippen molar-refractivity contribution in [1.82, 2.24) is 29.9 Å². The Kier molecular flexibility index (Phi) is 4.57. The first-order valence-electron chi connectivity index (χ1n) is 8.90. The maximum atomic E-state index is 5.71. The second-order valence-electron chi connectivity index (χ2n) is 6.92. The molecule has 136 valence electrons. The van der Waals surface area contributed by atoms with Crippen LogP contribution in [0.4, 0.5) is 0 Å². The Morgan fingerprint density at radius 1 is 1.23 bits per heavy atom. The van der Waals surface area contributed by atoms with E-state index in [1.54, 1.807) is 6.20 Å². The topological polar surface area (TPSA) is 71.9 Å². The van der Waals surface area contributed by atoms with Crippen LogP contribution in [0.3, 0.4) is 0 Å². The molecule has 1 saturated heterocycles. The van der Waals surface area contributed by atoms with Crippen LogP contribution in [0.2, 0.25) is 0 Å². The van der Waals surface area contributed by atoms with Crippen molar-refractivity contribution in [3.63, 3.8) is 0 Å². The summed E-state index contributed by atoms with van der Waals surface area (Å²) in [5, 5.41) is 11.9. The van der Waals surface area contributed by atoms with Gasteiger partial charge in [0.1, 0.15) is 5.82 Å². The number of aromatic nitrogens is 5. The van der Waals surface area contributed by atoms with Crippen molar-refractivity contribution in [2.45, 2.75) is 26.4 Å². The number of aromatic amines is 1. The molecule has 0 unspecified atom stereocenters. The Balaban J connectivity index is 1.73. The Morgan fingerprint density at radius 2 is 2.04 bits per heavy atom. The average molecular weight is 352 g/mol. The lowest BCUT2D eigenvalue weighted by molar-refractivity contribution is 0.000350. The van der Waals surface area contributed by atoms with Gasteiger partial charge in [-0.1, -0.05) is 29.8 Å². The Bertz CT molecular complexity index is 882. The second-order valence-corrected chi connectivity index (χ2v) is 6.92. The smallest absolute Gasteiger partial charge is 0.184 e. The van der Waals surface area contributed by atoms with E-state index in [2.05, 4.69) is 53.3 Å². The molecule has 1 atom stereocenters. The highest BCUT2D eigenvalue weighted by molar-refractivity contribution is 5.56. The molecule has 0 bridgehead atoms. The first-order valence-corrected chi connectivity index (χ1v) is 8.90. The monoisotopic (exact) mass is 352 g/mol.